The molecule has 0 aliphatic carbocycles. The van der Waals surface area contributed by atoms with Gasteiger partial charge in [0.25, 0.3) is 0 Å². The lowest BCUT2D eigenvalue weighted by atomic mass is 9.81. The average molecular weight is 423 g/mol. The fraction of sp³-hybridized carbons (Fsp3) is 0.647. The van der Waals surface area contributed by atoms with Gasteiger partial charge in [-0.1, -0.05) is 18.2 Å². The second kappa shape index (κ2) is 6.68. The van der Waals surface area contributed by atoms with Crippen molar-refractivity contribution < 1.29 is 17.5 Å². The minimum atomic E-state index is -4.28. The summed E-state index contributed by atoms with van der Waals surface area (Å²) in [5.41, 5.74) is 1.41. The van der Waals surface area contributed by atoms with Crippen molar-refractivity contribution in [3.8, 4) is 0 Å². The number of benzene rings is 1. The summed E-state index contributed by atoms with van der Waals surface area (Å²) >= 11 is 0. The van der Waals surface area contributed by atoms with E-state index in [0.29, 0.717) is 12.2 Å². The Hall–Kier alpha value is -0.470. The third-order valence-electron chi connectivity index (χ3n) is 5.41. The molecule has 2 rings (SSSR count). The fourth-order valence-corrected chi connectivity index (χ4v) is 5.27. The van der Waals surface area contributed by atoms with Gasteiger partial charge in [0, 0.05) is 23.5 Å². The van der Waals surface area contributed by atoms with Gasteiger partial charge in [0.1, 0.15) is 12.6 Å². The van der Waals surface area contributed by atoms with E-state index >= 15 is 0 Å². The number of nitrogens with zero attached hydrogens (tertiary/aromatic N) is 2. The van der Waals surface area contributed by atoms with Crippen LogP contribution in [0.2, 0.25) is 0 Å². The smallest absolute Gasteiger partial charge is 0.331 e. The summed E-state index contributed by atoms with van der Waals surface area (Å²) in [4.78, 5) is 0. The highest BCUT2D eigenvalue weighted by molar-refractivity contribution is 8.93. The lowest BCUT2D eigenvalue weighted by Crippen LogP contribution is -2.61. The van der Waals surface area contributed by atoms with Crippen LogP contribution in [0.15, 0.2) is 24.3 Å². The second-order valence-corrected chi connectivity index (χ2v) is 9.80. The molecule has 0 spiro atoms. The lowest BCUT2D eigenvalue weighted by molar-refractivity contribution is -0.870. The van der Waals surface area contributed by atoms with Gasteiger partial charge in [-0.2, -0.15) is 3.89 Å². The molecule has 2 unspecified atom stereocenters. The standard InChI is InChI=1S/C17H29N2O3S.BrH/c1-14-17(2,3)15-10-7-8-11-16(15)19(14,23(20,21)22)13-9-12-18(4,5)6;/h7-8,10-11,14H,9,12-13H2,1-6H3;1H/q+1;/p+1. The van der Waals surface area contributed by atoms with Crippen LogP contribution < -0.4 is 3.89 Å². The number of para-hydroxylation sites is 1. The van der Waals surface area contributed by atoms with E-state index in [1.165, 1.54) is 0 Å². The Morgan fingerprint density at radius 1 is 1.21 bits per heavy atom. The zero-order valence-electron chi connectivity index (χ0n) is 15.5. The highest BCUT2D eigenvalue weighted by Crippen LogP contribution is 2.51. The maximum atomic E-state index is 12.5. The molecule has 138 valence electrons. The average Bonchev–Trinajstić information content (AvgIpc) is 2.56. The van der Waals surface area contributed by atoms with Crippen LogP contribution >= 0.6 is 17.0 Å². The molecule has 1 aliphatic rings. The van der Waals surface area contributed by atoms with Crippen LogP contribution in [0.3, 0.4) is 0 Å². The van der Waals surface area contributed by atoms with Gasteiger partial charge in [0.05, 0.1) is 27.7 Å². The molecule has 24 heavy (non-hydrogen) atoms. The number of halogens is 1. The predicted molar refractivity (Wildman–Crippen MR) is 105 cm³/mol. The molecule has 1 aliphatic heterocycles. The first-order chi connectivity index (χ1) is 10.3. The summed E-state index contributed by atoms with van der Waals surface area (Å²) in [6, 6.07) is 7.37. The van der Waals surface area contributed by atoms with Crippen LogP contribution in [-0.2, 0) is 15.7 Å². The number of hydrogen-bond donors (Lipinski definition) is 1. The van der Waals surface area contributed by atoms with Crippen LogP contribution in [-0.4, -0.2) is 57.7 Å². The zero-order valence-corrected chi connectivity index (χ0v) is 18.0. The van der Waals surface area contributed by atoms with E-state index in [9.17, 15) is 13.0 Å². The topological polar surface area (TPSA) is 54.4 Å². The molecule has 0 radical (unpaired) electrons. The van der Waals surface area contributed by atoms with Crippen molar-refractivity contribution in [2.75, 3.05) is 34.2 Å². The number of fused-ring (bicyclic) bond motifs is 1. The third kappa shape index (κ3) is 3.42. The summed E-state index contributed by atoms with van der Waals surface area (Å²) in [6.07, 6.45) is 0.720. The van der Waals surface area contributed by atoms with Crippen LogP contribution in [0.5, 0.6) is 0 Å². The number of rotatable bonds is 5. The monoisotopic (exact) mass is 422 g/mol. The van der Waals surface area contributed by atoms with Crippen molar-refractivity contribution in [1.82, 2.24) is 3.89 Å². The van der Waals surface area contributed by atoms with Crippen molar-refractivity contribution >= 4 is 33.0 Å². The van der Waals surface area contributed by atoms with Gasteiger partial charge >= 0.3 is 10.3 Å². The van der Waals surface area contributed by atoms with Gasteiger partial charge in [-0.3, -0.25) is 0 Å². The molecule has 0 amide bonds. The maximum Gasteiger partial charge on any atom is 0.438 e. The normalized spacial score (nSPS) is 25.9. The predicted octanol–water partition coefficient (Wildman–Crippen LogP) is 3.15. The van der Waals surface area contributed by atoms with Crippen LogP contribution in [0.4, 0.5) is 5.69 Å². The molecule has 0 aromatic heterocycles. The summed E-state index contributed by atoms with van der Waals surface area (Å²) in [5.74, 6) is 0. The van der Waals surface area contributed by atoms with E-state index < -0.39 is 10.3 Å². The molecule has 0 bridgehead atoms. The molecule has 1 aromatic carbocycles. The molecule has 7 heteroatoms. The van der Waals surface area contributed by atoms with Crippen LogP contribution in [0.25, 0.3) is 0 Å². The van der Waals surface area contributed by atoms with Crippen molar-refractivity contribution in [1.29, 1.82) is 0 Å². The zero-order chi connectivity index (χ0) is 17.7. The summed E-state index contributed by atoms with van der Waals surface area (Å²) in [6.45, 7) is 7.28. The lowest BCUT2D eigenvalue weighted by Gasteiger charge is -2.38. The highest BCUT2D eigenvalue weighted by Gasteiger charge is 2.61. The first-order valence-corrected chi connectivity index (χ1v) is 9.49. The summed E-state index contributed by atoms with van der Waals surface area (Å²) in [5, 5.41) is 0. The van der Waals surface area contributed by atoms with E-state index in [1.807, 2.05) is 31.2 Å². The van der Waals surface area contributed by atoms with E-state index in [2.05, 4.69) is 35.0 Å². The van der Waals surface area contributed by atoms with Crippen LogP contribution in [0, 0.1) is 0 Å². The van der Waals surface area contributed by atoms with E-state index in [0.717, 1.165) is 23.0 Å². The minimum absolute atomic E-state index is 0. The summed E-state index contributed by atoms with van der Waals surface area (Å²) < 4.78 is 35.6. The van der Waals surface area contributed by atoms with Crippen molar-refractivity contribution in [2.45, 2.75) is 38.6 Å². The Morgan fingerprint density at radius 3 is 2.25 bits per heavy atom. The molecule has 1 heterocycles. The Bertz CT molecular complexity index is 698. The number of hydrogen-bond acceptors (Lipinski definition) is 2. The van der Waals surface area contributed by atoms with Crippen molar-refractivity contribution in [3.63, 3.8) is 0 Å². The van der Waals surface area contributed by atoms with Gasteiger partial charge in [-0.05, 0) is 20.8 Å². The first kappa shape index (κ1) is 21.6. The third-order valence-corrected chi connectivity index (χ3v) is 6.93. The Kier molecular flexibility index (Phi) is 6.01. The van der Waals surface area contributed by atoms with Gasteiger partial charge in [0.2, 0.25) is 0 Å². The molecule has 5 nitrogen and oxygen atoms in total. The van der Waals surface area contributed by atoms with E-state index in [1.54, 1.807) is 0 Å². The Balaban J connectivity index is 0.00000288. The Morgan fingerprint density at radius 2 is 1.75 bits per heavy atom. The van der Waals surface area contributed by atoms with Gasteiger partial charge in [-0.15, -0.1) is 25.4 Å². The second-order valence-electron chi connectivity index (χ2n) is 8.25. The van der Waals surface area contributed by atoms with Crippen LogP contribution in [0.1, 0.15) is 32.8 Å². The molecular formula is C17H31BrN2O3S+2. The fourth-order valence-electron chi connectivity index (χ4n) is 3.84. The summed E-state index contributed by atoms with van der Waals surface area (Å²) in [7, 11) is 1.97. The van der Waals surface area contributed by atoms with Gasteiger partial charge in [0.15, 0.2) is 5.69 Å². The Labute approximate surface area is 157 Å². The maximum absolute atomic E-state index is 12.5. The van der Waals surface area contributed by atoms with Gasteiger partial charge < -0.3 is 4.48 Å². The molecule has 1 N–H and O–H groups in total. The van der Waals surface area contributed by atoms with Crippen molar-refractivity contribution in [2.24, 2.45) is 0 Å². The SMILES string of the molecule is Br.CC1C(C)(C)c2ccccc2[N+]1(CCC[N+](C)(C)C)S(=O)(=O)O. The van der Waals surface area contributed by atoms with Crippen molar-refractivity contribution in [3.05, 3.63) is 29.8 Å². The van der Waals surface area contributed by atoms with Gasteiger partial charge in [-0.25, -0.2) is 4.55 Å². The first-order valence-electron chi connectivity index (χ1n) is 8.10. The largest absolute Gasteiger partial charge is 0.438 e. The molecule has 0 saturated carbocycles. The quantitative estimate of drug-likeness (QED) is 0.585. The van der Waals surface area contributed by atoms with E-state index in [4.69, 9.17) is 0 Å². The highest BCUT2D eigenvalue weighted by atomic mass is 79.9. The molecule has 1 aromatic rings. The molecule has 0 fully saturated rings. The minimum Gasteiger partial charge on any atom is -0.331 e. The number of quaternary nitrogens is 2. The molecular weight excluding hydrogens is 392 g/mol. The molecule has 2 atom stereocenters. The molecule has 0 saturated heterocycles. The van der Waals surface area contributed by atoms with E-state index in [-0.39, 0.29) is 32.3 Å².